The second-order valence-corrected chi connectivity index (χ2v) is 6.91. The maximum Gasteiger partial charge on any atom is 0.227 e. The van der Waals surface area contributed by atoms with Crippen molar-refractivity contribution >= 4 is 40.0 Å². The van der Waals surface area contributed by atoms with Crippen molar-refractivity contribution < 1.29 is 4.79 Å². The summed E-state index contributed by atoms with van der Waals surface area (Å²) in [6.45, 7) is 1.58. The average molecular weight is 367 g/mol. The third-order valence-electron chi connectivity index (χ3n) is 4.72. The van der Waals surface area contributed by atoms with E-state index >= 15 is 0 Å². The highest BCUT2D eigenvalue weighted by Gasteiger charge is 2.26. The van der Waals surface area contributed by atoms with Crippen molar-refractivity contribution in [2.75, 3.05) is 23.3 Å². The molecule has 1 fully saturated rings. The van der Waals surface area contributed by atoms with E-state index in [-0.39, 0.29) is 11.8 Å². The van der Waals surface area contributed by atoms with Gasteiger partial charge in [-0.25, -0.2) is 4.98 Å². The molecule has 26 heavy (non-hydrogen) atoms. The van der Waals surface area contributed by atoms with E-state index < -0.39 is 0 Å². The third kappa shape index (κ3) is 3.63. The van der Waals surface area contributed by atoms with Gasteiger partial charge in [-0.05, 0) is 43.2 Å². The number of hydrogen-bond acceptors (Lipinski definition) is 4. The molecule has 5 nitrogen and oxygen atoms in total. The van der Waals surface area contributed by atoms with Gasteiger partial charge in [-0.1, -0.05) is 29.8 Å². The van der Waals surface area contributed by atoms with Gasteiger partial charge >= 0.3 is 0 Å². The Hall–Kier alpha value is -2.66. The van der Waals surface area contributed by atoms with Crippen LogP contribution in [0, 0.1) is 5.92 Å². The van der Waals surface area contributed by atoms with Crippen LogP contribution < -0.4 is 10.2 Å². The molecule has 1 aromatic heterocycles. The number of carbonyl (C=O) groups excluding carboxylic acids is 1. The van der Waals surface area contributed by atoms with Crippen LogP contribution in [-0.4, -0.2) is 29.0 Å². The van der Waals surface area contributed by atoms with Gasteiger partial charge in [0.05, 0.1) is 17.2 Å². The van der Waals surface area contributed by atoms with Gasteiger partial charge in [0.2, 0.25) is 5.91 Å². The lowest BCUT2D eigenvalue weighted by Gasteiger charge is -2.32. The highest BCUT2D eigenvalue weighted by atomic mass is 35.5. The van der Waals surface area contributed by atoms with Crippen LogP contribution in [-0.2, 0) is 4.79 Å². The van der Waals surface area contributed by atoms with E-state index in [1.165, 1.54) is 0 Å². The zero-order valence-electron chi connectivity index (χ0n) is 14.2. The summed E-state index contributed by atoms with van der Waals surface area (Å²) in [5, 5.41) is 3.58. The number of rotatable bonds is 3. The summed E-state index contributed by atoms with van der Waals surface area (Å²) in [6, 6.07) is 15.1. The smallest absolute Gasteiger partial charge is 0.227 e. The lowest BCUT2D eigenvalue weighted by molar-refractivity contribution is -0.120. The SMILES string of the molecule is O=C(Nc1cccc(Cl)c1)C1CCN(c2cnc3ccccc3n2)CC1. The summed E-state index contributed by atoms with van der Waals surface area (Å²) in [4.78, 5) is 23.9. The van der Waals surface area contributed by atoms with Crippen LogP contribution in [0.15, 0.2) is 54.7 Å². The van der Waals surface area contributed by atoms with E-state index in [9.17, 15) is 4.79 Å². The topological polar surface area (TPSA) is 58.1 Å². The molecule has 0 radical (unpaired) electrons. The van der Waals surface area contributed by atoms with Crippen LogP contribution >= 0.6 is 11.6 Å². The number of halogens is 1. The molecule has 0 spiro atoms. The molecule has 1 amide bonds. The van der Waals surface area contributed by atoms with Crippen LogP contribution in [0.3, 0.4) is 0 Å². The van der Waals surface area contributed by atoms with Crippen molar-refractivity contribution in [3.63, 3.8) is 0 Å². The van der Waals surface area contributed by atoms with Crippen molar-refractivity contribution in [2.45, 2.75) is 12.8 Å². The van der Waals surface area contributed by atoms with Crippen LogP contribution in [0.4, 0.5) is 11.5 Å². The number of amides is 1. The first kappa shape index (κ1) is 16.8. The molecule has 0 atom stereocenters. The largest absolute Gasteiger partial charge is 0.355 e. The fourth-order valence-electron chi connectivity index (χ4n) is 3.28. The third-order valence-corrected chi connectivity index (χ3v) is 4.95. The Balaban J connectivity index is 1.39. The van der Waals surface area contributed by atoms with Crippen LogP contribution in [0.1, 0.15) is 12.8 Å². The molecule has 1 aliphatic heterocycles. The maximum atomic E-state index is 12.5. The molecular formula is C20H19ClN4O. The number of nitrogens with zero attached hydrogens (tertiary/aromatic N) is 3. The summed E-state index contributed by atoms with van der Waals surface area (Å²) in [6.07, 6.45) is 3.40. The zero-order valence-corrected chi connectivity index (χ0v) is 15.0. The van der Waals surface area contributed by atoms with Gasteiger partial charge < -0.3 is 10.2 Å². The van der Waals surface area contributed by atoms with E-state index in [2.05, 4.69) is 15.2 Å². The number of para-hydroxylation sites is 2. The molecule has 132 valence electrons. The Morgan fingerprint density at radius 3 is 2.62 bits per heavy atom. The second kappa shape index (κ2) is 7.30. The minimum atomic E-state index is -0.00125. The summed E-state index contributed by atoms with van der Waals surface area (Å²) in [5.41, 5.74) is 2.53. The van der Waals surface area contributed by atoms with Gasteiger partial charge in [0, 0.05) is 29.7 Å². The second-order valence-electron chi connectivity index (χ2n) is 6.48. The molecule has 0 saturated carbocycles. The average Bonchev–Trinajstić information content (AvgIpc) is 2.68. The van der Waals surface area contributed by atoms with Crippen molar-refractivity contribution in [2.24, 2.45) is 5.92 Å². The number of nitrogens with one attached hydrogen (secondary N) is 1. The molecule has 2 heterocycles. The summed E-state index contributed by atoms with van der Waals surface area (Å²) >= 11 is 5.97. The Morgan fingerprint density at radius 2 is 1.85 bits per heavy atom. The van der Waals surface area contributed by atoms with Gasteiger partial charge in [-0.2, -0.15) is 0 Å². The van der Waals surface area contributed by atoms with Crippen LogP contribution in [0.5, 0.6) is 0 Å². The lowest BCUT2D eigenvalue weighted by Crippen LogP contribution is -2.38. The van der Waals surface area contributed by atoms with E-state index in [4.69, 9.17) is 16.6 Å². The highest BCUT2D eigenvalue weighted by Crippen LogP contribution is 2.24. The van der Waals surface area contributed by atoms with Crippen molar-refractivity contribution in [3.8, 4) is 0 Å². The minimum absolute atomic E-state index is 0.00125. The molecule has 0 aliphatic carbocycles. The number of piperidine rings is 1. The Kier molecular flexibility index (Phi) is 4.71. The number of hydrogen-bond donors (Lipinski definition) is 1. The zero-order chi connectivity index (χ0) is 17.9. The van der Waals surface area contributed by atoms with Crippen molar-refractivity contribution in [1.29, 1.82) is 0 Å². The van der Waals surface area contributed by atoms with Gasteiger partial charge in [-0.3, -0.25) is 9.78 Å². The summed E-state index contributed by atoms with van der Waals surface area (Å²) in [7, 11) is 0. The molecule has 1 N–H and O–H groups in total. The quantitative estimate of drug-likeness (QED) is 0.756. The molecule has 0 unspecified atom stereocenters. The molecule has 3 aromatic rings. The number of carbonyl (C=O) groups is 1. The number of anilines is 2. The molecule has 1 aliphatic rings. The van der Waals surface area contributed by atoms with Crippen molar-refractivity contribution in [1.82, 2.24) is 9.97 Å². The van der Waals surface area contributed by atoms with Crippen LogP contribution in [0.25, 0.3) is 11.0 Å². The molecule has 0 bridgehead atoms. The highest BCUT2D eigenvalue weighted by molar-refractivity contribution is 6.30. The van der Waals surface area contributed by atoms with Crippen LogP contribution in [0.2, 0.25) is 5.02 Å². The predicted octanol–water partition coefficient (Wildman–Crippen LogP) is 4.14. The van der Waals surface area contributed by atoms with Gasteiger partial charge in [0.25, 0.3) is 0 Å². The van der Waals surface area contributed by atoms with Gasteiger partial charge in [-0.15, -0.1) is 0 Å². The normalized spacial score (nSPS) is 15.2. The molecule has 6 heteroatoms. The number of benzene rings is 2. The van der Waals surface area contributed by atoms with E-state index in [1.54, 1.807) is 12.1 Å². The minimum Gasteiger partial charge on any atom is -0.355 e. The van der Waals surface area contributed by atoms with Gasteiger partial charge in [0.1, 0.15) is 5.82 Å². The Bertz CT molecular complexity index is 938. The first-order chi connectivity index (χ1) is 12.7. The monoisotopic (exact) mass is 366 g/mol. The first-order valence-corrected chi connectivity index (χ1v) is 9.10. The number of aromatic nitrogens is 2. The maximum absolute atomic E-state index is 12.5. The van der Waals surface area contributed by atoms with E-state index in [0.717, 1.165) is 48.5 Å². The number of fused-ring (bicyclic) bond motifs is 1. The van der Waals surface area contributed by atoms with Crippen molar-refractivity contribution in [3.05, 3.63) is 59.8 Å². The predicted molar refractivity (Wildman–Crippen MR) is 105 cm³/mol. The van der Waals surface area contributed by atoms with E-state index in [0.29, 0.717) is 5.02 Å². The fourth-order valence-corrected chi connectivity index (χ4v) is 3.47. The first-order valence-electron chi connectivity index (χ1n) is 8.72. The lowest BCUT2D eigenvalue weighted by atomic mass is 9.96. The Labute approximate surface area is 157 Å². The molecule has 2 aromatic carbocycles. The van der Waals surface area contributed by atoms with E-state index in [1.807, 2.05) is 42.6 Å². The summed E-state index contributed by atoms with van der Waals surface area (Å²) < 4.78 is 0. The fraction of sp³-hybridized carbons (Fsp3) is 0.250. The van der Waals surface area contributed by atoms with Gasteiger partial charge in [0.15, 0.2) is 0 Å². The molecule has 1 saturated heterocycles. The molecule has 4 rings (SSSR count). The standard InChI is InChI=1S/C20H19ClN4O/c21-15-4-3-5-16(12-15)23-20(26)14-8-10-25(11-9-14)19-13-22-17-6-1-2-7-18(17)24-19/h1-7,12-14H,8-11H2,(H,23,26). The molecular weight excluding hydrogens is 348 g/mol. The summed E-state index contributed by atoms with van der Waals surface area (Å²) in [5.74, 6) is 0.924. The Morgan fingerprint density at radius 1 is 1.08 bits per heavy atom.